The molecule has 2 amide bonds. The third-order valence-electron chi connectivity index (χ3n) is 5.68. The number of carbonyl (C=O) groups excluding carboxylic acids is 2. The number of rotatable bonds is 6. The Hall–Kier alpha value is -2.15. The number of nitrogens with zero attached hydrogens (tertiary/aromatic N) is 4. The van der Waals surface area contributed by atoms with Crippen LogP contribution in [0.25, 0.3) is 0 Å². The van der Waals surface area contributed by atoms with Gasteiger partial charge in [0.1, 0.15) is 0 Å². The Morgan fingerprint density at radius 1 is 1.33 bits per heavy atom. The van der Waals surface area contributed by atoms with Crippen LogP contribution >= 0.6 is 11.3 Å². The predicted octanol–water partition coefficient (Wildman–Crippen LogP) is 2.97. The van der Waals surface area contributed by atoms with Gasteiger partial charge < -0.3 is 9.80 Å². The zero-order chi connectivity index (χ0) is 19.0. The summed E-state index contributed by atoms with van der Waals surface area (Å²) in [4.78, 5) is 31.4. The minimum absolute atomic E-state index is 0.148. The number of aryl methyl sites for hydroxylation is 1. The number of likely N-dealkylation sites (tertiary alicyclic amines) is 1. The fourth-order valence-corrected chi connectivity index (χ4v) is 4.87. The molecule has 6 nitrogen and oxygen atoms in total. The molecular weight excluding hydrogens is 360 g/mol. The van der Waals surface area contributed by atoms with Crippen LogP contribution < -0.4 is 0 Å². The van der Waals surface area contributed by atoms with Gasteiger partial charge in [-0.25, -0.2) is 0 Å². The van der Waals surface area contributed by atoms with Gasteiger partial charge in [0, 0.05) is 37.1 Å². The van der Waals surface area contributed by atoms with E-state index in [0.717, 1.165) is 18.5 Å². The van der Waals surface area contributed by atoms with Gasteiger partial charge in [0.25, 0.3) is 0 Å². The molecule has 1 saturated carbocycles. The summed E-state index contributed by atoms with van der Waals surface area (Å²) in [6.07, 6.45) is 4.89. The van der Waals surface area contributed by atoms with E-state index in [0.29, 0.717) is 25.9 Å². The van der Waals surface area contributed by atoms with Crippen molar-refractivity contribution in [2.24, 2.45) is 13.0 Å². The van der Waals surface area contributed by atoms with Crippen LogP contribution in [0.2, 0.25) is 0 Å². The molecule has 2 fully saturated rings. The Kier molecular flexibility index (Phi) is 5.04. The molecule has 3 heterocycles. The summed E-state index contributed by atoms with van der Waals surface area (Å²) in [6.45, 7) is 3.33. The summed E-state index contributed by atoms with van der Waals surface area (Å²) in [5.74, 6) is 0.114. The summed E-state index contributed by atoms with van der Waals surface area (Å²) >= 11 is 1.67. The number of aromatic nitrogens is 2. The fourth-order valence-electron chi connectivity index (χ4n) is 4.15. The lowest BCUT2D eigenvalue weighted by atomic mass is 9.85. The third-order valence-corrected chi connectivity index (χ3v) is 6.54. The molecule has 1 saturated heterocycles. The van der Waals surface area contributed by atoms with Gasteiger partial charge in [-0.3, -0.25) is 14.3 Å². The molecule has 1 aliphatic heterocycles. The second-order valence-corrected chi connectivity index (χ2v) is 8.47. The maximum Gasteiger partial charge on any atom is 0.228 e. The molecular formula is C20H26N4O2S. The number of carbonyl (C=O) groups is 2. The largest absolute Gasteiger partial charge is 0.338 e. The first-order chi connectivity index (χ1) is 13.1. The smallest absolute Gasteiger partial charge is 0.228 e. The van der Waals surface area contributed by atoms with Gasteiger partial charge in [0.15, 0.2) is 0 Å². The quantitative estimate of drug-likeness (QED) is 0.767. The van der Waals surface area contributed by atoms with Crippen molar-refractivity contribution >= 4 is 23.2 Å². The molecule has 1 aliphatic carbocycles. The van der Waals surface area contributed by atoms with Gasteiger partial charge in [-0.15, -0.1) is 11.3 Å². The maximum atomic E-state index is 13.5. The van der Waals surface area contributed by atoms with Crippen LogP contribution in [0.15, 0.2) is 29.8 Å². The third kappa shape index (κ3) is 3.52. The van der Waals surface area contributed by atoms with Crippen LogP contribution in [0.3, 0.4) is 0 Å². The molecule has 0 N–H and O–H groups in total. The van der Waals surface area contributed by atoms with Crippen LogP contribution in [0.4, 0.5) is 0 Å². The predicted molar refractivity (Wildman–Crippen MR) is 104 cm³/mol. The van der Waals surface area contributed by atoms with Crippen molar-refractivity contribution < 1.29 is 9.59 Å². The Balaban J connectivity index is 1.65. The normalized spacial score (nSPS) is 22.9. The Bertz CT molecular complexity index is 812. The fraction of sp³-hybridized carbons (Fsp3) is 0.550. The first kappa shape index (κ1) is 18.2. The van der Waals surface area contributed by atoms with Crippen LogP contribution in [0, 0.1) is 5.92 Å². The van der Waals surface area contributed by atoms with E-state index < -0.39 is 0 Å². The number of thiophene rings is 1. The minimum Gasteiger partial charge on any atom is -0.338 e. The molecule has 0 aromatic carbocycles. The summed E-state index contributed by atoms with van der Waals surface area (Å²) in [6, 6.07) is 6.11. The highest BCUT2D eigenvalue weighted by Gasteiger charge is 2.48. The van der Waals surface area contributed by atoms with Crippen molar-refractivity contribution in [2.75, 3.05) is 6.54 Å². The van der Waals surface area contributed by atoms with Crippen LogP contribution in [-0.4, -0.2) is 44.0 Å². The van der Waals surface area contributed by atoms with E-state index in [9.17, 15) is 9.59 Å². The van der Waals surface area contributed by atoms with Crippen molar-refractivity contribution in [2.45, 2.75) is 51.2 Å². The molecule has 0 radical (unpaired) electrons. The summed E-state index contributed by atoms with van der Waals surface area (Å²) in [5.41, 5.74) is 0.959. The van der Waals surface area contributed by atoms with Gasteiger partial charge in [0.2, 0.25) is 11.8 Å². The van der Waals surface area contributed by atoms with Gasteiger partial charge >= 0.3 is 0 Å². The lowest BCUT2D eigenvalue weighted by Gasteiger charge is -2.42. The van der Waals surface area contributed by atoms with E-state index in [1.807, 2.05) is 46.0 Å². The van der Waals surface area contributed by atoms with Gasteiger partial charge in [-0.05, 0) is 43.7 Å². The Morgan fingerprint density at radius 3 is 2.74 bits per heavy atom. The van der Waals surface area contributed by atoms with Gasteiger partial charge in [-0.1, -0.05) is 6.07 Å². The second-order valence-electron chi connectivity index (χ2n) is 7.43. The summed E-state index contributed by atoms with van der Waals surface area (Å²) in [7, 11) is 1.89. The molecule has 2 aromatic rings. The van der Waals surface area contributed by atoms with E-state index in [-0.39, 0.29) is 29.8 Å². The van der Waals surface area contributed by atoms with Crippen molar-refractivity contribution in [1.82, 2.24) is 19.6 Å². The van der Waals surface area contributed by atoms with Crippen LogP contribution in [0.1, 0.15) is 49.2 Å². The molecule has 0 spiro atoms. The number of amides is 2. The van der Waals surface area contributed by atoms with E-state index in [1.54, 1.807) is 17.5 Å². The van der Waals surface area contributed by atoms with Crippen molar-refractivity contribution in [1.29, 1.82) is 0 Å². The second kappa shape index (κ2) is 7.46. The summed E-state index contributed by atoms with van der Waals surface area (Å²) < 4.78 is 1.81. The zero-order valence-corrected chi connectivity index (χ0v) is 16.7. The van der Waals surface area contributed by atoms with Crippen molar-refractivity contribution in [3.63, 3.8) is 0 Å². The molecule has 2 unspecified atom stereocenters. The molecule has 144 valence electrons. The highest BCUT2D eigenvalue weighted by atomic mass is 32.1. The van der Waals surface area contributed by atoms with E-state index in [1.165, 1.54) is 4.88 Å². The summed E-state index contributed by atoms with van der Waals surface area (Å²) in [5, 5.41) is 6.35. The monoisotopic (exact) mass is 386 g/mol. The van der Waals surface area contributed by atoms with Gasteiger partial charge in [-0.2, -0.15) is 5.10 Å². The first-order valence-corrected chi connectivity index (χ1v) is 10.6. The molecule has 4 rings (SSSR count). The Morgan fingerprint density at radius 2 is 2.15 bits per heavy atom. The average Bonchev–Trinajstić information content (AvgIpc) is 3.19. The molecule has 2 aliphatic rings. The van der Waals surface area contributed by atoms with Crippen molar-refractivity contribution in [3.8, 4) is 0 Å². The Labute approximate surface area is 163 Å². The molecule has 7 heteroatoms. The maximum absolute atomic E-state index is 13.5. The van der Waals surface area contributed by atoms with E-state index >= 15 is 0 Å². The number of hydrogen-bond donors (Lipinski definition) is 0. The molecule has 0 bridgehead atoms. The topological polar surface area (TPSA) is 58.4 Å². The van der Waals surface area contributed by atoms with E-state index in [4.69, 9.17) is 0 Å². The minimum atomic E-state index is -0.212. The van der Waals surface area contributed by atoms with Crippen LogP contribution in [0.5, 0.6) is 0 Å². The van der Waals surface area contributed by atoms with Crippen molar-refractivity contribution in [3.05, 3.63) is 40.3 Å². The molecule has 2 aromatic heterocycles. The standard InChI is InChI=1S/C20H26N4O2S/c1-3-23(13-15-5-4-12-27-15)20(26)16-8-9-18(25)24(14-6-7-14)19(16)17-10-11-21-22(17)2/h4-5,10-12,14,16,19H,3,6-9,13H2,1-2H3. The van der Waals surface area contributed by atoms with Crippen LogP contribution in [-0.2, 0) is 23.2 Å². The lowest BCUT2D eigenvalue weighted by Crippen LogP contribution is -2.50. The molecule has 2 atom stereocenters. The zero-order valence-electron chi connectivity index (χ0n) is 15.9. The SMILES string of the molecule is CCN(Cc1cccs1)C(=O)C1CCC(=O)N(C2CC2)C1c1ccnn1C. The number of hydrogen-bond acceptors (Lipinski definition) is 4. The highest BCUT2D eigenvalue weighted by Crippen LogP contribution is 2.44. The first-order valence-electron chi connectivity index (χ1n) is 9.70. The van der Waals surface area contributed by atoms with E-state index in [2.05, 4.69) is 11.2 Å². The number of piperidine rings is 1. The average molecular weight is 387 g/mol. The molecule has 27 heavy (non-hydrogen) atoms. The highest BCUT2D eigenvalue weighted by molar-refractivity contribution is 7.09. The lowest BCUT2D eigenvalue weighted by molar-refractivity contribution is -0.149. The van der Waals surface area contributed by atoms with Gasteiger partial charge in [0.05, 0.1) is 24.2 Å².